The Morgan fingerprint density at radius 1 is 0.944 bits per heavy atom. The fourth-order valence-electron chi connectivity index (χ4n) is 1.86. The normalized spacial score (nSPS) is 11.1. The molecule has 2 N–H and O–H groups in total. The smallest absolute Gasteiger partial charge is 0.00768 e. The molecule has 0 aliphatic carbocycles. The van der Waals surface area contributed by atoms with Gasteiger partial charge in [0.25, 0.3) is 0 Å². The Balaban J connectivity index is 1.94. The van der Waals surface area contributed by atoms with Crippen molar-refractivity contribution in [3.63, 3.8) is 0 Å². The number of hydrogen-bond donors (Lipinski definition) is 2. The molecule has 2 heteroatoms. The zero-order valence-corrected chi connectivity index (χ0v) is 12.1. The van der Waals surface area contributed by atoms with Crippen molar-refractivity contribution in [1.29, 1.82) is 0 Å². The number of aryl methyl sites for hydroxylation is 2. The number of nitrogens with one attached hydrogen (secondary N) is 2. The number of rotatable bonds is 9. The van der Waals surface area contributed by atoms with E-state index in [0.717, 1.165) is 32.1 Å². The van der Waals surface area contributed by atoms with Crippen LogP contribution in [-0.4, -0.2) is 26.2 Å². The second kappa shape index (κ2) is 9.12. The van der Waals surface area contributed by atoms with Crippen molar-refractivity contribution in [3.05, 3.63) is 35.4 Å². The summed E-state index contributed by atoms with van der Waals surface area (Å²) in [5.41, 5.74) is 2.79. The molecule has 0 atom stereocenters. The number of hydrogen-bond acceptors (Lipinski definition) is 2. The molecular formula is C16H28N2. The molecule has 0 fully saturated rings. The fraction of sp³-hybridized carbons (Fsp3) is 0.625. The van der Waals surface area contributed by atoms with Gasteiger partial charge in [-0.05, 0) is 44.3 Å². The lowest BCUT2D eigenvalue weighted by Gasteiger charge is -2.08. The average molecular weight is 248 g/mol. The summed E-state index contributed by atoms with van der Waals surface area (Å²) in [6, 6.07) is 8.86. The van der Waals surface area contributed by atoms with Crippen LogP contribution in [0.15, 0.2) is 24.3 Å². The maximum absolute atomic E-state index is 3.48. The molecule has 1 aromatic carbocycles. The summed E-state index contributed by atoms with van der Waals surface area (Å²) >= 11 is 0. The van der Waals surface area contributed by atoms with Crippen molar-refractivity contribution < 1.29 is 0 Å². The van der Waals surface area contributed by atoms with Gasteiger partial charge in [0.05, 0.1) is 0 Å². The second-order valence-electron chi connectivity index (χ2n) is 5.44. The second-order valence-corrected chi connectivity index (χ2v) is 5.44. The van der Waals surface area contributed by atoms with E-state index in [-0.39, 0.29) is 0 Å². The van der Waals surface area contributed by atoms with E-state index in [1.54, 1.807) is 0 Å². The molecule has 0 aliphatic rings. The predicted octanol–water partition coefficient (Wildman–Crippen LogP) is 2.76. The van der Waals surface area contributed by atoms with Crippen LogP contribution in [0.3, 0.4) is 0 Å². The standard InChI is InChI=1S/C16H28N2/c1-14(2)13-18-12-11-17-10-4-5-16-8-6-15(3)7-9-16/h6-9,14,17-18H,4-5,10-13H2,1-3H3. The van der Waals surface area contributed by atoms with Crippen molar-refractivity contribution in [2.45, 2.75) is 33.6 Å². The third-order valence-corrected chi connectivity index (χ3v) is 2.97. The van der Waals surface area contributed by atoms with E-state index in [1.165, 1.54) is 24.0 Å². The summed E-state index contributed by atoms with van der Waals surface area (Å²) < 4.78 is 0. The highest BCUT2D eigenvalue weighted by atomic mass is 14.9. The SMILES string of the molecule is Cc1ccc(CCCNCCNCC(C)C)cc1. The molecular weight excluding hydrogens is 220 g/mol. The van der Waals surface area contributed by atoms with Gasteiger partial charge in [0.1, 0.15) is 0 Å². The van der Waals surface area contributed by atoms with Gasteiger partial charge in [0.2, 0.25) is 0 Å². The first kappa shape index (κ1) is 15.2. The van der Waals surface area contributed by atoms with Gasteiger partial charge in [0, 0.05) is 13.1 Å². The van der Waals surface area contributed by atoms with Crippen molar-refractivity contribution in [3.8, 4) is 0 Å². The Bertz CT molecular complexity index is 303. The summed E-state index contributed by atoms with van der Waals surface area (Å²) in [7, 11) is 0. The first-order chi connectivity index (χ1) is 8.68. The Morgan fingerprint density at radius 3 is 2.28 bits per heavy atom. The summed E-state index contributed by atoms with van der Waals surface area (Å²) in [5.74, 6) is 0.742. The first-order valence-corrected chi connectivity index (χ1v) is 7.15. The van der Waals surface area contributed by atoms with Gasteiger partial charge in [-0.2, -0.15) is 0 Å². The van der Waals surface area contributed by atoms with Crippen LogP contribution in [0, 0.1) is 12.8 Å². The minimum absolute atomic E-state index is 0.742. The zero-order chi connectivity index (χ0) is 13.2. The minimum Gasteiger partial charge on any atom is -0.315 e. The van der Waals surface area contributed by atoms with Crippen LogP contribution in [0.25, 0.3) is 0 Å². The molecule has 0 aliphatic heterocycles. The quantitative estimate of drug-likeness (QED) is 0.657. The fourth-order valence-corrected chi connectivity index (χ4v) is 1.86. The third kappa shape index (κ3) is 7.46. The Labute approximate surface area is 112 Å². The largest absolute Gasteiger partial charge is 0.315 e. The molecule has 0 heterocycles. The minimum atomic E-state index is 0.742. The van der Waals surface area contributed by atoms with Crippen molar-refractivity contribution in [2.75, 3.05) is 26.2 Å². The molecule has 0 saturated carbocycles. The average Bonchev–Trinajstić information content (AvgIpc) is 2.34. The Hall–Kier alpha value is -0.860. The van der Waals surface area contributed by atoms with E-state index >= 15 is 0 Å². The number of benzene rings is 1. The van der Waals surface area contributed by atoms with Gasteiger partial charge in [-0.25, -0.2) is 0 Å². The van der Waals surface area contributed by atoms with Crippen LogP contribution in [0.4, 0.5) is 0 Å². The maximum Gasteiger partial charge on any atom is 0.00768 e. The van der Waals surface area contributed by atoms with Crippen LogP contribution >= 0.6 is 0 Å². The van der Waals surface area contributed by atoms with Gasteiger partial charge < -0.3 is 10.6 Å². The van der Waals surface area contributed by atoms with Crippen molar-refractivity contribution >= 4 is 0 Å². The van der Waals surface area contributed by atoms with E-state index in [4.69, 9.17) is 0 Å². The monoisotopic (exact) mass is 248 g/mol. The van der Waals surface area contributed by atoms with Crippen molar-refractivity contribution in [2.24, 2.45) is 5.92 Å². The van der Waals surface area contributed by atoms with Gasteiger partial charge in [0.15, 0.2) is 0 Å². The lowest BCUT2D eigenvalue weighted by atomic mass is 10.1. The van der Waals surface area contributed by atoms with Crippen molar-refractivity contribution in [1.82, 2.24) is 10.6 Å². The molecule has 0 saturated heterocycles. The molecule has 0 spiro atoms. The zero-order valence-electron chi connectivity index (χ0n) is 12.1. The first-order valence-electron chi connectivity index (χ1n) is 7.15. The summed E-state index contributed by atoms with van der Waals surface area (Å²) in [6.07, 6.45) is 2.39. The lowest BCUT2D eigenvalue weighted by Crippen LogP contribution is -2.30. The van der Waals surface area contributed by atoms with E-state index in [0.29, 0.717) is 0 Å². The van der Waals surface area contributed by atoms with Gasteiger partial charge >= 0.3 is 0 Å². The molecule has 0 amide bonds. The van der Waals surface area contributed by atoms with E-state index in [1.807, 2.05) is 0 Å². The van der Waals surface area contributed by atoms with Crippen LogP contribution in [-0.2, 0) is 6.42 Å². The Kier molecular flexibility index (Phi) is 7.70. The van der Waals surface area contributed by atoms with Gasteiger partial charge in [-0.15, -0.1) is 0 Å². The molecule has 0 radical (unpaired) electrons. The predicted molar refractivity (Wildman–Crippen MR) is 80.1 cm³/mol. The van der Waals surface area contributed by atoms with E-state index in [2.05, 4.69) is 55.7 Å². The van der Waals surface area contributed by atoms with Crippen LogP contribution in [0.1, 0.15) is 31.4 Å². The molecule has 18 heavy (non-hydrogen) atoms. The molecule has 0 aromatic heterocycles. The molecule has 0 unspecified atom stereocenters. The highest BCUT2D eigenvalue weighted by Crippen LogP contribution is 2.05. The lowest BCUT2D eigenvalue weighted by molar-refractivity contribution is 0.532. The van der Waals surface area contributed by atoms with Crippen LogP contribution < -0.4 is 10.6 Å². The van der Waals surface area contributed by atoms with Gasteiger partial charge in [-0.1, -0.05) is 43.7 Å². The summed E-state index contributed by atoms with van der Waals surface area (Å²) in [4.78, 5) is 0. The van der Waals surface area contributed by atoms with Crippen LogP contribution in [0.2, 0.25) is 0 Å². The van der Waals surface area contributed by atoms with Crippen LogP contribution in [0.5, 0.6) is 0 Å². The maximum atomic E-state index is 3.48. The molecule has 1 aromatic rings. The molecule has 2 nitrogen and oxygen atoms in total. The highest BCUT2D eigenvalue weighted by molar-refractivity contribution is 5.21. The summed E-state index contributed by atoms with van der Waals surface area (Å²) in [6.45, 7) is 11.0. The molecule has 1 rings (SSSR count). The third-order valence-electron chi connectivity index (χ3n) is 2.97. The van der Waals surface area contributed by atoms with E-state index < -0.39 is 0 Å². The topological polar surface area (TPSA) is 24.1 Å². The summed E-state index contributed by atoms with van der Waals surface area (Å²) in [5, 5.41) is 6.92. The molecule has 0 bridgehead atoms. The van der Waals surface area contributed by atoms with E-state index in [9.17, 15) is 0 Å². The highest BCUT2D eigenvalue weighted by Gasteiger charge is 1.94. The Morgan fingerprint density at radius 2 is 1.61 bits per heavy atom. The molecule has 102 valence electrons. The van der Waals surface area contributed by atoms with Gasteiger partial charge in [-0.3, -0.25) is 0 Å².